The number of nitrogens with zero attached hydrogens (tertiary/aromatic N) is 2. The maximum absolute atomic E-state index is 12.6. The number of benzene rings is 3. The third-order valence-corrected chi connectivity index (χ3v) is 5.80. The second-order valence-corrected chi connectivity index (χ2v) is 8.24. The van der Waals surface area contributed by atoms with Gasteiger partial charge in [-0.3, -0.25) is 10.1 Å². The molecule has 0 spiro atoms. The zero-order chi connectivity index (χ0) is 21.1. The number of anilines is 2. The summed E-state index contributed by atoms with van der Waals surface area (Å²) in [5.41, 5.74) is 2.31. The van der Waals surface area contributed by atoms with E-state index >= 15 is 0 Å². The number of fused-ring (bicyclic) bond motifs is 1. The van der Waals surface area contributed by atoms with E-state index in [0.717, 1.165) is 48.3 Å². The zero-order valence-electron chi connectivity index (χ0n) is 16.7. The van der Waals surface area contributed by atoms with Crippen molar-refractivity contribution in [3.8, 4) is 0 Å². The summed E-state index contributed by atoms with van der Waals surface area (Å²) in [5, 5.41) is 8.77. The highest BCUT2D eigenvalue weighted by Gasteiger charge is 2.17. The largest absolute Gasteiger partial charge is 0.368 e. The lowest BCUT2D eigenvalue weighted by Crippen LogP contribution is -2.44. The Morgan fingerprint density at radius 2 is 1.70 bits per heavy atom. The lowest BCUT2D eigenvalue weighted by atomic mass is 10.1. The number of carbonyl (C=O) groups excluding carboxylic acids is 1. The van der Waals surface area contributed by atoms with Gasteiger partial charge in [-0.25, -0.2) is 0 Å². The van der Waals surface area contributed by atoms with Crippen molar-refractivity contribution < 1.29 is 4.79 Å². The summed E-state index contributed by atoms with van der Waals surface area (Å²) in [5.74, 6) is -0.251. The van der Waals surface area contributed by atoms with Gasteiger partial charge in [0.15, 0.2) is 5.11 Å². The topological polar surface area (TPSA) is 47.6 Å². The highest BCUT2D eigenvalue weighted by molar-refractivity contribution is 7.80. The van der Waals surface area contributed by atoms with Crippen LogP contribution in [0.1, 0.15) is 10.4 Å². The van der Waals surface area contributed by atoms with E-state index in [1.165, 1.54) is 0 Å². The normalized spacial score (nSPS) is 14.5. The smallest absolute Gasteiger partial charge is 0.257 e. The van der Waals surface area contributed by atoms with E-state index in [0.29, 0.717) is 10.6 Å². The zero-order valence-corrected chi connectivity index (χ0v) is 18.3. The van der Waals surface area contributed by atoms with Crippen LogP contribution in [0.4, 0.5) is 11.4 Å². The Kier molecular flexibility index (Phi) is 6.18. The molecule has 3 aromatic carbocycles. The molecule has 0 unspecified atom stereocenters. The minimum Gasteiger partial charge on any atom is -0.368 e. The molecule has 5 nitrogen and oxygen atoms in total. The molecule has 0 aliphatic carbocycles. The number of hydrogen-bond donors (Lipinski definition) is 2. The maximum atomic E-state index is 12.6. The summed E-state index contributed by atoms with van der Waals surface area (Å²) in [7, 11) is 2.12. The van der Waals surface area contributed by atoms with Crippen LogP contribution in [0.5, 0.6) is 0 Å². The van der Waals surface area contributed by atoms with Gasteiger partial charge in [0.05, 0.1) is 10.7 Å². The van der Waals surface area contributed by atoms with Crippen LogP contribution in [-0.4, -0.2) is 49.1 Å². The van der Waals surface area contributed by atoms with Crippen LogP contribution in [0.3, 0.4) is 0 Å². The average molecular weight is 439 g/mol. The van der Waals surface area contributed by atoms with Gasteiger partial charge in [0.1, 0.15) is 0 Å². The van der Waals surface area contributed by atoms with Gasteiger partial charge < -0.3 is 15.1 Å². The molecule has 0 saturated carbocycles. The van der Waals surface area contributed by atoms with E-state index in [2.05, 4.69) is 27.5 Å². The van der Waals surface area contributed by atoms with Crippen molar-refractivity contribution in [2.24, 2.45) is 0 Å². The molecule has 1 fully saturated rings. The van der Waals surface area contributed by atoms with Crippen LogP contribution in [0, 0.1) is 0 Å². The lowest BCUT2D eigenvalue weighted by molar-refractivity contribution is 0.0978. The fraction of sp³-hybridized carbons (Fsp3) is 0.217. The molecule has 154 valence electrons. The minimum absolute atomic E-state index is 0.233. The van der Waals surface area contributed by atoms with Crippen molar-refractivity contribution in [1.29, 1.82) is 0 Å². The molecule has 30 heavy (non-hydrogen) atoms. The molecule has 4 rings (SSSR count). The predicted molar refractivity (Wildman–Crippen MR) is 129 cm³/mol. The Balaban J connectivity index is 1.39. The molecule has 2 N–H and O–H groups in total. The van der Waals surface area contributed by atoms with Gasteiger partial charge in [0, 0.05) is 37.4 Å². The first-order chi connectivity index (χ1) is 14.5. The number of thiocarbonyl (C=S) groups is 1. The van der Waals surface area contributed by atoms with Crippen LogP contribution >= 0.6 is 23.8 Å². The third-order valence-electron chi connectivity index (χ3n) is 5.29. The average Bonchev–Trinajstić information content (AvgIpc) is 2.74. The Labute approximate surface area is 186 Å². The SMILES string of the molecule is CN1CCN(c2ccc(NC(=S)NC(=O)c3ccc4ccccc4c3)cc2Cl)CC1. The molecule has 7 heteroatoms. The van der Waals surface area contributed by atoms with Crippen LogP contribution in [-0.2, 0) is 0 Å². The first kappa shape index (κ1) is 20.6. The minimum atomic E-state index is -0.251. The van der Waals surface area contributed by atoms with Crippen LogP contribution in [0.25, 0.3) is 10.8 Å². The number of halogens is 1. The van der Waals surface area contributed by atoms with Gasteiger partial charge in [-0.1, -0.05) is 41.9 Å². The molecule has 0 bridgehead atoms. The Morgan fingerprint density at radius 1 is 0.967 bits per heavy atom. The second kappa shape index (κ2) is 9.00. The van der Waals surface area contributed by atoms with Crippen molar-refractivity contribution in [1.82, 2.24) is 10.2 Å². The van der Waals surface area contributed by atoms with Crippen LogP contribution in [0.15, 0.2) is 60.7 Å². The molecule has 1 heterocycles. The molecule has 1 aliphatic heterocycles. The number of hydrogen-bond acceptors (Lipinski definition) is 4. The molecule has 0 aromatic heterocycles. The van der Waals surface area contributed by atoms with Gasteiger partial charge in [-0.2, -0.15) is 0 Å². The summed E-state index contributed by atoms with van der Waals surface area (Å²) in [6.07, 6.45) is 0. The Morgan fingerprint density at radius 3 is 2.43 bits per heavy atom. The van der Waals surface area contributed by atoms with Crippen molar-refractivity contribution in [2.45, 2.75) is 0 Å². The van der Waals surface area contributed by atoms with Crippen LogP contribution in [0.2, 0.25) is 5.02 Å². The number of rotatable bonds is 3. The van der Waals surface area contributed by atoms with Crippen molar-refractivity contribution in [3.05, 3.63) is 71.2 Å². The highest BCUT2D eigenvalue weighted by atomic mass is 35.5. The van der Waals surface area contributed by atoms with Crippen molar-refractivity contribution in [3.63, 3.8) is 0 Å². The van der Waals surface area contributed by atoms with E-state index in [1.54, 1.807) is 6.07 Å². The molecule has 1 aliphatic rings. The summed E-state index contributed by atoms with van der Waals surface area (Å²) in [4.78, 5) is 17.2. The monoisotopic (exact) mass is 438 g/mol. The van der Waals surface area contributed by atoms with Gasteiger partial charge in [0.2, 0.25) is 0 Å². The maximum Gasteiger partial charge on any atom is 0.257 e. The first-order valence-corrected chi connectivity index (χ1v) is 10.6. The molecular formula is C23H23ClN4OS. The Bertz CT molecular complexity index is 1100. The van der Waals surface area contributed by atoms with Crippen LogP contribution < -0.4 is 15.5 Å². The molecule has 3 aromatic rings. The highest BCUT2D eigenvalue weighted by Crippen LogP contribution is 2.29. The van der Waals surface area contributed by atoms with E-state index in [4.69, 9.17) is 23.8 Å². The third kappa shape index (κ3) is 4.73. The van der Waals surface area contributed by atoms with Crippen molar-refractivity contribution in [2.75, 3.05) is 43.4 Å². The quantitative estimate of drug-likeness (QED) is 0.594. The van der Waals surface area contributed by atoms with E-state index in [1.807, 2.05) is 54.6 Å². The molecular weight excluding hydrogens is 416 g/mol. The van der Waals surface area contributed by atoms with Gasteiger partial charge >= 0.3 is 0 Å². The number of nitrogens with one attached hydrogen (secondary N) is 2. The number of carbonyl (C=O) groups is 1. The fourth-order valence-electron chi connectivity index (χ4n) is 3.56. The van der Waals surface area contributed by atoms with E-state index < -0.39 is 0 Å². The van der Waals surface area contributed by atoms with Gasteiger partial charge in [-0.15, -0.1) is 0 Å². The second-order valence-electron chi connectivity index (χ2n) is 7.43. The fourth-order valence-corrected chi connectivity index (χ4v) is 4.07. The Hall–Kier alpha value is -2.67. The molecule has 0 atom stereocenters. The van der Waals surface area contributed by atoms with Gasteiger partial charge in [0.25, 0.3) is 5.91 Å². The van der Waals surface area contributed by atoms with E-state index in [9.17, 15) is 4.79 Å². The summed E-state index contributed by atoms with van der Waals surface area (Å²) >= 11 is 11.8. The predicted octanol–water partition coefficient (Wildman–Crippen LogP) is 4.37. The number of piperazine rings is 1. The van der Waals surface area contributed by atoms with Crippen molar-refractivity contribution >= 4 is 57.0 Å². The number of likely N-dealkylation sites (N-methyl/N-ethyl adjacent to an activating group) is 1. The molecule has 0 radical (unpaired) electrons. The lowest BCUT2D eigenvalue weighted by Gasteiger charge is -2.34. The summed E-state index contributed by atoms with van der Waals surface area (Å²) in [6, 6.07) is 19.2. The first-order valence-electron chi connectivity index (χ1n) is 9.84. The van der Waals surface area contributed by atoms with Gasteiger partial charge in [-0.05, 0) is 60.4 Å². The summed E-state index contributed by atoms with van der Waals surface area (Å²) in [6.45, 7) is 3.93. The standard InChI is InChI=1S/C23H23ClN4OS/c1-27-10-12-28(13-11-27)21-9-8-19(15-20(21)24)25-23(30)26-22(29)18-7-6-16-4-2-3-5-17(16)14-18/h2-9,14-15H,10-13H2,1H3,(H2,25,26,29,30). The number of amides is 1. The molecule has 1 amide bonds. The molecule has 1 saturated heterocycles. The summed E-state index contributed by atoms with van der Waals surface area (Å²) < 4.78 is 0. The van der Waals surface area contributed by atoms with E-state index in [-0.39, 0.29) is 11.0 Å².